The molecule has 0 bridgehead atoms. The topological polar surface area (TPSA) is 22.1 Å². The summed E-state index contributed by atoms with van der Waals surface area (Å²) >= 11 is 5.49. The zero-order chi connectivity index (χ0) is 14.4. The van der Waals surface area contributed by atoms with Crippen LogP contribution in [0.2, 0.25) is 0 Å². The molecular weight excluding hydrogens is 284 g/mol. The van der Waals surface area contributed by atoms with Gasteiger partial charge in [-0.15, -0.1) is 11.6 Å². The smallest absolute Gasteiger partial charge is 0.141 e. The van der Waals surface area contributed by atoms with E-state index in [-0.39, 0.29) is 18.2 Å². The molecule has 2 nitrogen and oxygen atoms in total. The molecular formula is C15H10ClF2NO. The molecule has 0 saturated carbocycles. The van der Waals surface area contributed by atoms with Crippen molar-refractivity contribution >= 4 is 11.6 Å². The highest BCUT2D eigenvalue weighted by Gasteiger charge is 2.05. The maximum absolute atomic E-state index is 13.2. The molecule has 1 heterocycles. The second-order valence-corrected chi connectivity index (χ2v) is 4.14. The van der Waals surface area contributed by atoms with Crippen LogP contribution in [0.15, 0.2) is 36.7 Å². The summed E-state index contributed by atoms with van der Waals surface area (Å²) in [6.45, 7) is 0.0732. The zero-order valence-electron chi connectivity index (χ0n) is 10.4. The number of hydrogen-bond donors (Lipinski definition) is 0. The van der Waals surface area contributed by atoms with Gasteiger partial charge in [0.15, 0.2) is 0 Å². The summed E-state index contributed by atoms with van der Waals surface area (Å²) in [5.41, 5.74) is 1.07. The van der Waals surface area contributed by atoms with Gasteiger partial charge in [0.1, 0.15) is 24.0 Å². The molecule has 2 rings (SSSR count). The van der Waals surface area contributed by atoms with E-state index in [1.54, 1.807) is 0 Å². The van der Waals surface area contributed by atoms with Gasteiger partial charge in [0.2, 0.25) is 0 Å². The molecule has 0 spiro atoms. The van der Waals surface area contributed by atoms with Crippen LogP contribution in [0.1, 0.15) is 11.1 Å². The molecule has 5 heteroatoms. The molecule has 0 aliphatic carbocycles. The molecule has 0 fully saturated rings. The van der Waals surface area contributed by atoms with E-state index >= 15 is 0 Å². The van der Waals surface area contributed by atoms with Crippen LogP contribution in [-0.4, -0.2) is 10.9 Å². The average molecular weight is 294 g/mol. The molecule has 0 aliphatic heterocycles. The lowest BCUT2D eigenvalue weighted by molar-refractivity contribution is 0.302. The third-order valence-electron chi connectivity index (χ3n) is 2.39. The van der Waals surface area contributed by atoms with Gasteiger partial charge in [0.05, 0.1) is 17.6 Å². The summed E-state index contributed by atoms with van der Waals surface area (Å²) in [7, 11) is 0. The first kappa shape index (κ1) is 14.3. The molecule has 102 valence electrons. The van der Waals surface area contributed by atoms with Gasteiger partial charge in [0.25, 0.3) is 0 Å². The van der Waals surface area contributed by atoms with Crippen molar-refractivity contribution < 1.29 is 13.5 Å². The molecule has 0 aliphatic rings. The lowest BCUT2D eigenvalue weighted by Crippen LogP contribution is -1.99. The Morgan fingerprint density at radius 1 is 1.15 bits per heavy atom. The standard InChI is InChI=1S/C15H10ClF2NO/c16-5-1-2-12-3-4-13(17)7-15(12)20-10-11-6-14(18)9-19-8-11/h3-4,6-9H,5,10H2. The van der Waals surface area contributed by atoms with E-state index in [1.807, 2.05) is 0 Å². The summed E-state index contributed by atoms with van der Waals surface area (Å²) in [6.07, 6.45) is 2.58. The van der Waals surface area contributed by atoms with E-state index in [0.29, 0.717) is 11.1 Å². The van der Waals surface area contributed by atoms with Crippen molar-refractivity contribution in [3.63, 3.8) is 0 Å². The Bertz CT molecular complexity index is 664. The van der Waals surface area contributed by atoms with E-state index in [1.165, 1.54) is 30.5 Å². The van der Waals surface area contributed by atoms with Gasteiger partial charge in [-0.25, -0.2) is 8.78 Å². The van der Waals surface area contributed by atoms with Crippen LogP contribution < -0.4 is 4.74 Å². The van der Waals surface area contributed by atoms with Crippen LogP contribution in [0.5, 0.6) is 5.75 Å². The number of aromatic nitrogens is 1. The number of nitrogens with zero attached hydrogens (tertiary/aromatic N) is 1. The number of hydrogen-bond acceptors (Lipinski definition) is 2. The predicted octanol–water partition coefficient (Wildman–Crippen LogP) is 3.53. The van der Waals surface area contributed by atoms with E-state index in [2.05, 4.69) is 16.8 Å². The number of halogens is 3. The third-order valence-corrected chi connectivity index (χ3v) is 2.52. The third kappa shape index (κ3) is 3.94. The molecule has 0 radical (unpaired) electrons. The van der Waals surface area contributed by atoms with Crippen LogP contribution in [0.4, 0.5) is 8.78 Å². The molecule has 1 aromatic carbocycles. The monoisotopic (exact) mass is 293 g/mol. The lowest BCUT2D eigenvalue weighted by Gasteiger charge is -2.08. The van der Waals surface area contributed by atoms with E-state index in [0.717, 1.165) is 6.20 Å². The molecule has 0 saturated heterocycles. The number of ether oxygens (including phenoxy) is 1. The Morgan fingerprint density at radius 3 is 2.75 bits per heavy atom. The van der Waals surface area contributed by atoms with Crippen molar-refractivity contribution in [2.24, 2.45) is 0 Å². The molecule has 1 aromatic heterocycles. The maximum atomic E-state index is 13.2. The molecule has 0 atom stereocenters. The summed E-state index contributed by atoms with van der Waals surface area (Å²) in [5, 5.41) is 0. The Hall–Kier alpha value is -2.12. The van der Waals surface area contributed by atoms with E-state index < -0.39 is 11.6 Å². The summed E-state index contributed by atoms with van der Waals surface area (Å²) < 4.78 is 31.7. The SMILES string of the molecule is Fc1cncc(COc2cc(F)ccc2C#CCCl)c1. The molecule has 2 aromatic rings. The second-order valence-electron chi connectivity index (χ2n) is 3.88. The molecule has 0 amide bonds. The van der Waals surface area contributed by atoms with Crippen LogP contribution in [0.3, 0.4) is 0 Å². The summed E-state index contributed by atoms with van der Waals surface area (Å²) in [4.78, 5) is 3.71. The van der Waals surface area contributed by atoms with Gasteiger partial charge in [-0.2, -0.15) is 0 Å². The number of pyridine rings is 1. The minimum atomic E-state index is -0.451. The van der Waals surface area contributed by atoms with Crippen LogP contribution in [0, 0.1) is 23.5 Å². The predicted molar refractivity (Wildman–Crippen MR) is 72.5 cm³/mol. The van der Waals surface area contributed by atoms with E-state index in [9.17, 15) is 8.78 Å². The van der Waals surface area contributed by atoms with Crippen molar-refractivity contribution in [1.29, 1.82) is 0 Å². The largest absolute Gasteiger partial charge is 0.487 e. The number of rotatable bonds is 3. The zero-order valence-corrected chi connectivity index (χ0v) is 11.1. The maximum Gasteiger partial charge on any atom is 0.141 e. The molecule has 0 unspecified atom stereocenters. The van der Waals surface area contributed by atoms with Gasteiger partial charge in [-0.3, -0.25) is 4.98 Å². The number of alkyl halides is 1. The van der Waals surface area contributed by atoms with Gasteiger partial charge < -0.3 is 4.74 Å². The Morgan fingerprint density at radius 2 is 2.00 bits per heavy atom. The van der Waals surface area contributed by atoms with E-state index in [4.69, 9.17) is 16.3 Å². The Kier molecular flexibility index (Phi) is 4.91. The molecule has 20 heavy (non-hydrogen) atoms. The summed E-state index contributed by atoms with van der Waals surface area (Å²) in [6, 6.07) is 5.32. The van der Waals surface area contributed by atoms with Gasteiger partial charge in [0, 0.05) is 17.8 Å². The Labute approximate surface area is 120 Å². The second kappa shape index (κ2) is 6.88. The average Bonchev–Trinajstić information content (AvgIpc) is 2.44. The minimum Gasteiger partial charge on any atom is -0.487 e. The lowest BCUT2D eigenvalue weighted by atomic mass is 10.2. The fourth-order valence-electron chi connectivity index (χ4n) is 1.54. The van der Waals surface area contributed by atoms with Crippen LogP contribution >= 0.6 is 11.6 Å². The highest BCUT2D eigenvalue weighted by molar-refractivity contribution is 6.19. The first-order valence-electron chi connectivity index (χ1n) is 5.75. The normalized spacial score (nSPS) is 9.75. The first-order chi connectivity index (χ1) is 9.69. The van der Waals surface area contributed by atoms with Crippen molar-refractivity contribution in [2.45, 2.75) is 6.61 Å². The fourth-order valence-corrected chi connectivity index (χ4v) is 1.61. The van der Waals surface area contributed by atoms with Gasteiger partial charge in [-0.05, 0) is 18.2 Å². The van der Waals surface area contributed by atoms with Crippen molar-refractivity contribution in [2.75, 3.05) is 5.88 Å². The quantitative estimate of drug-likeness (QED) is 0.638. The van der Waals surface area contributed by atoms with Crippen molar-refractivity contribution in [1.82, 2.24) is 4.98 Å². The fraction of sp³-hybridized carbons (Fsp3) is 0.133. The van der Waals surface area contributed by atoms with Crippen LogP contribution in [0.25, 0.3) is 0 Å². The summed E-state index contributed by atoms with van der Waals surface area (Å²) in [5.74, 6) is 5.01. The van der Waals surface area contributed by atoms with Crippen molar-refractivity contribution in [3.8, 4) is 17.6 Å². The minimum absolute atomic E-state index is 0.0732. The highest BCUT2D eigenvalue weighted by Crippen LogP contribution is 2.20. The Balaban J connectivity index is 2.17. The van der Waals surface area contributed by atoms with Crippen molar-refractivity contribution in [3.05, 3.63) is 59.4 Å². The highest BCUT2D eigenvalue weighted by atomic mass is 35.5. The number of benzene rings is 1. The van der Waals surface area contributed by atoms with Gasteiger partial charge >= 0.3 is 0 Å². The first-order valence-corrected chi connectivity index (χ1v) is 6.29. The van der Waals surface area contributed by atoms with Crippen LogP contribution in [-0.2, 0) is 6.61 Å². The van der Waals surface area contributed by atoms with Gasteiger partial charge in [-0.1, -0.05) is 11.8 Å². The molecule has 0 N–H and O–H groups in total.